The average molecular weight is 412 g/mol. The fourth-order valence-electron chi connectivity index (χ4n) is 3.14. The number of ether oxygens (including phenoxy) is 2. The first kappa shape index (κ1) is 19.8. The average Bonchev–Trinajstić information content (AvgIpc) is 2.93. The molecular weight excluding hydrogens is 386 g/mol. The number of amides is 1. The van der Waals surface area contributed by atoms with Crippen molar-refractivity contribution in [1.82, 2.24) is 4.90 Å². The molecule has 0 N–H and O–H groups in total. The van der Waals surface area contributed by atoms with E-state index in [2.05, 4.69) is 15.9 Å². The summed E-state index contributed by atoms with van der Waals surface area (Å²) in [6, 6.07) is 7.77. The molecule has 0 saturated carbocycles. The highest BCUT2D eigenvalue weighted by atomic mass is 79.9. The molecule has 1 aromatic carbocycles. The zero-order valence-electron chi connectivity index (χ0n) is 15.3. The van der Waals surface area contributed by atoms with Gasteiger partial charge in [0.15, 0.2) is 0 Å². The largest absolute Gasteiger partial charge is 0.464 e. The van der Waals surface area contributed by atoms with Crippen molar-refractivity contribution < 1.29 is 19.1 Å². The summed E-state index contributed by atoms with van der Waals surface area (Å²) in [7, 11) is 0. The first-order chi connectivity index (χ1) is 11.7. The molecule has 1 aromatic rings. The summed E-state index contributed by atoms with van der Waals surface area (Å²) in [5.74, 6) is -0.360. The molecule has 25 heavy (non-hydrogen) atoms. The molecule has 6 heteroatoms. The number of nitrogens with zero attached hydrogens (tertiary/aromatic N) is 1. The van der Waals surface area contributed by atoms with Crippen LogP contribution < -0.4 is 0 Å². The summed E-state index contributed by atoms with van der Waals surface area (Å²) < 4.78 is 11.8. The highest BCUT2D eigenvalue weighted by Gasteiger charge is 2.52. The van der Waals surface area contributed by atoms with Crippen LogP contribution in [0.25, 0.3) is 0 Å². The second kappa shape index (κ2) is 7.77. The lowest BCUT2D eigenvalue weighted by atomic mass is 9.88. The SMILES string of the molecule is CCOC(=O)C1(Cc2ccc(Br)cc2)CCCN1C(=O)OC(C)(C)C. The van der Waals surface area contributed by atoms with E-state index in [0.717, 1.165) is 16.5 Å². The first-order valence-electron chi connectivity index (χ1n) is 8.60. The van der Waals surface area contributed by atoms with E-state index in [-0.39, 0.29) is 12.6 Å². The van der Waals surface area contributed by atoms with Crippen LogP contribution in [0.3, 0.4) is 0 Å². The van der Waals surface area contributed by atoms with Crippen LogP contribution in [0.4, 0.5) is 4.79 Å². The third-order valence-corrected chi connectivity index (χ3v) is 4.70. The molecule has 1 atom stereocenters. The number of carbonyl (C=O) groups excluding carboxylic acids is 2. The van der Waals surface area contributed by atoms with Crippen molar-refractivity contribution in [3.05, 3.63) is 34.3 Å². The Morgan fingerprint density at radius 1 is 1.24 bits per heavy atom. The van der Waals surface area contributed by atoms with Gasteiger partial charge in [0.2, 0.25) is 0 Å². The lowest BCUT2D eigenvalue weighted by Gasteiger charge is -2.37. The number of hydrogen-bond donors (Lipinski definition) is 0. The van der Waals surface area contributed by atoms with E-state index in [1.165, 1.54) is 0 Å². The van der Waals surface area contributed by atoms with Gasteiger partial charge in [-0.15, -0.1) is 0 Å². The molecule has 138 valence electrons. The lowest BCUT2D eigenvalue weighted by Crippen LogP contribution is -2.56. The van der Waals surface area contributed by atoms with Crippen LogP contribution in [-0.4, -0.2) is 41.3 Å². The predicted octanol–water partition coefficient (Wildman–Crippen LogP) is 4.32. The Bertz CT molecular complexity index is 623. The van der Waals surface area contributed by atoms with Crippen LogP contribution in [0.1, 0.15) is 46.1 Å². The van der Waals surface area contributed by atoms with Crippen LogP contribution in [0.15, 0.2) is 28.7 Å². The Kier molecular flexibility index (Phi) is 6.14. The van der Waals surface area contributed by atoms with Crippen LogP contribution >= 0.6 is 15.9 Å². The first-order valence-corrected chi connectivity index (χ1v) is 9.39. The molecule has 1 unspecified atom stereocenters. The molecule has 1 fully saturated rings. The summed E-state index contributed by atoms with van der Waals surface area (Å²) in [5, 5.41) is 0. The fraction of sp³-hybridized carbons (Fsp3) is 0.579. The van der Waals surface area contributed by atoms with E-state index in [1.807, 2.05) is 45.0 Å². The van der Waals surface area contributed by atoms with Crippen molar-refractivity contribution in [2.24, 2.45) is 0 Å². The third-order valence-electron chi connectivity index (χ3n) is 4.17. The van der Waals surface area contributed by atoms with Crippen LogP contribution in [0, 0.1) is 0 Å². The topological polar surface area (TPSA) is 55.8 Å². The van der Waals surface area contributed by atoms with E-state index in [1.54, 1.807) is 11.8 Å². The van der Waals surface area contributed by atoms with Gasteiger partial charge in [-0.3, -0.25) is 4.90 Å². The maximum absolute atomic E-state index is 12.8. The normalized spacial score (nSPS) is 20.4. The molecule has 1 aliphatic rings. The number of halogens is 1. The van der Waals surface area contributed by atoms with Crippen molar-refractivity contribution in [1.29, 1.82) is 0 Å². The van der Waals surface area contributed by atoms with Gasteiger partial charge in [0, 0.05) is 17.4 Å². The summed E-state index contributed by atoms with van der Waals surface area (Å²) in [5.41, 5.74) is -0.643. The van der Waals surface area contributed by atoms with Crippen LogP contribution in [0.2, 0.25) is 0 Å². The van der Waals surface area contributed by atoms with E-state index < -0.39 is 17.2 Å². The predicted molar refractivity (Wildman–Crippen MR) is 99.4 cm³/mol. The van der Waals surface area contributed by atoms with E-state index in [4.69, 9.17) is 9.47 Å². The lowest BCUT2D eigenvalue weighted by molar-refractivity contribution is -0.155. The maximum Gasteiger partial charge on any atom is 0.411 e. The second-order valence-electron chi connectivity index (χ2n) is 7.29. The van der Waals surface area contributed by atoms with Gasteiger partial charge in [-0.05, 0) is 58.2 Å². The maximum atomic E-state index is 12.8. The van der Waals surface area contributed by atoms with Crippen molar-refractivity contribution in [3.63, 3.8) is 0 Å². The molecule has 0 bridgehead atoms. The number of likely N-dealkylation sites (tertiary alicyclic amines) is 1. The minimum absolute atomic E-state index is 0.281. The standard InChI is InChI=1S/C19H26BrNO4/c1-5-24-16(22)19(13-14-7-9-15(20)10-8-14)11-6-12-21(19)17(23)25-18(2,3)4/h7-10H,5-6,11-13H2,1-4H3. The van der Waals surface area contributed by atoms with Gasteiger partial charge in [-0.2, -0.15) is 0 Å². The Labute approximate surface area is 157 Å². The summed E-state index contributed by atoms with van der Waals surface area (Å²) in [6.07, 6.45) is 1.27. The van der Waals surface area contributed by atoms with E-state index in [9.17, 15) is 9.59 Å². The zero-order chi connectivity index (χ0) is 18.7. The zero-order valence-corrected chi connectivity index (χ0v) is 16.9. The molecule has 1 amide bonds. The fourth-order valence-corrected chi connectivity index (χ4v) is 3.40. The monoisotopic (exact) mass is 411 g/mol. The molecule has 1 saturated heterocycles. The molecule has 1 heterocycles. The highest BCUT2D eigenvalue weighted by molar-refractivity contribution is 9.10. The van der Waals surface area contributed by atoms with Crippen molar-refractivity contribution in [2.75, 3.05) is 13.2 Å². The number of rotatable bonds is 4. The van der Waals surface area contributed by atoms with Gasteiger partial charge >= 0.3 is 12.1 Å². The smallest absolute Gasteiger partial charge is 0.411 e. The molecular formula is C19H26BrNO4. The third kappa shape index (κ3) is 4.75. The second-order valence-corrected chi connectivity index (χ2v) is 8.21. The number of hydrogen-bond acceptors (Lipinski definition) is 4. The molecule has 0 spiro atoms. The molecule has 1 aliphatic heterocycles. The summed E-state index contributed by atoms with van der Waals surface area (Å²) in [6.45, 7) is 8.01. The van der Waals surface area contributed by atoms with Gasteiger partial charge in [-0.25, -0.2) is 9.59 Å². The van der Waals surface area contributed by atoms with Crippen molar-refractivity contribution in [2.45, 2.75) is 58.1 Å². The van der Waals surface area contributed by atoms with Gasteiger partial charge in [0.1, 0.15) is 11.1 Å². The molecule has 5 nitrogen and oxygen atoms in total. The van der Waals surface area contributed by atoms with Gasteiger partial charge < -0.3 is 9.47 Å². The van der Waals surface area contributed by atoms with Gasteiger partial charge in [0.05, 0.1) is 6.61 Å². The Morgan fingerprint density at radius 3 is 2.44 bits per heavy atom. The quantitative estimate of drug-likeness (QED) is 0.691. The Morgan fingerprint density at radius 2 is 1.88 bits per heavy atom. The molecule has 0 aliphatic carbocycles. The van der Waals surface area contributed by atoms with Crippen LogP contribution in [-0.2, 0) is 20.7 Å². The summed E-state index contributed by atoms with van der Waals surface area (Å²) in [4.78, 5) is 27.1. The van der Waals surface area contributed by atoms with Crippen molar-refractivity contribution >= 4 is 28.0 Å². The minimum atomic E-state index is -1.01. The Hall–Kier alpha value is -1.56. The molecule has 0 radical (unpaired) electrons. The molecule has 0 aromatic heterocycles. The highest BCUT2D eigenvalue weighted by Crippen LogP contribution is 2.35. The van der Waals surface area contributed by atoms with Gasteiger partial charge in [0.25, 0.3) is 0 Å². The van der Waals surface area contributed by atoms with Crippen molar-refractivity contribution in [3.8, 4) is 0 Å². The number of benzene rings is 1. The van der Waals surface area contributed by atoms with Crippen LogP contribution in [0.5, 0.6) is 0 Å². The van der Waals surface area contributed by atoms with Gasteiger partial charge in [-0.1, -0.05) is 28.1 Å². The minimum Gasteiger partial charge on any atom is -0.464 e. The van der Waals surface area contributed by atoms with E-state index >= 15 is 0 Å². The summed E-state index contributed by atoms with van der Waals surface area (Å²) >= 11 is 3.42. The number of carbonyl (C=O) groups is 2. The Balaban J connectivity index is 2.34. The number of esters is 1. The van der Waals surface area contributed by atoms with E-state index in [0.29, 0.717) is 19.4 Å². The molecule has 2 rings (SSSR count).